The maximum Gasteiger partial charge on any atom is 0.255 e. The lowest BCUT2D eigenvalue weighted by atomic mass is 10.1. The van der Waals surface area contributed by atoms with Gasteiger partial charge in [-0.05, 0) is 60.3 Å². The lowest BCUT2D eigenvalue weighted by molar-refractivity contribution is 0.102. The summed E-state index contributed by atoms with van der Waals surface area (Å²) >= 11 is 7.39. The standard InChI is InChI=1S/C19H17ClN2O3S2/c1-13-10-15(20)7-8-18(13)22-19(23)14-4-2-6-17(11-14)27(24,25)21-12-16-5-3-9-26-16/h2-11,21H,12H2,1H3,(H,22,23). The smallest absolute Gasteiger partial charge is 0.255 e. The van der Waals surface area contributed by atoms with Crippen LogP contribution in [0.2, 0.25) is 5.02 Å². The Hall–Kier alpha value is -2.19. The lowest BCUT2D eigenvalue weighted by Crippen LogP contribution is -2.23. The zero-order valence-corrected chi connectivity index (χ0v) is 16.8. The number of nitrogens with one attached hydrogen (secondary N) is 2. The minimum Gasteiger partial charge on any atom is -0.322 e. The van der Waals surface area contributed by atoms with Crippen LogP contribution in [0, 0.1) is 6.92 Å². The number of carbonyl (C=O) groups is 1. The molecule has 0 saturated heterocycles. The first kappa shape index (κ1) is 19.6. The van der Waals surface area contributed by atoms with Gasteiger partial charge in [-0.2, -0.15) is 0 Å². The Kier molecular flexibility index (Phi) is 5.96. The normalized spacial score (nSPS) is 11.3. The van der Waals surface area contributed by atoms with E-state index in [1.165, 1.54) is 23.5 Å². The van der Waals surface area contributed by atoms with Crippen molar-refractivity contribution in [3.05, 3.63) is 81.0 Å². The highest BCUT2D eigenvalue weighted by Crippen LogP contribution is 2.21. The number of hydrogen-bond donors (Lipinski definition) is 2. The molecule has 0 aliphatic carbocycles. The summed E-state index contributed by atoms with van der Waals surface area (Å²) in [5.74, 6) is -0.393. The number of hydrogen-bond acceptors (Lipinski definition) is 4. The van der Waals surface area contributed by atoms with Crippen LogP contribution in [0.25, 0.3) is 0 Å². The summed E-state index contributed by atoms with van der Waals surface area (Å²) in [6.07, 6.45) is 0. The molecule has 1 heterocycles. The average Bonchev–Trinajstić information content (AvgIpc) is 3.16. The molecular weight excluding hydrogens is 404 g/mol. The first-order chi connectivity index (χ1) is 12.8. The third-order valence-corrected chi connectivity index (χ3v) is 6.37. The fourth-order valence-corrected chi connectivity index (χ4v) is 4.44. The maximum absolute atomic E-state index is 12.5. The van der Waals surface area contributed by atoms with E-state index in [1.807, 2.05) is 24.4 Å². The van der Waals surface area contributed by atoms with E-state index < -0.39 is 15.9 Å². The van der Waals surface area contributed by atoms with E-state index in [-0.39, 0.29) is 17.0 Å². The summed E-state index contributed by atoms with van der Waals surface area (Å²) in [4.78, 5) is 13.5. The molecule has 0 aliphatic heterocycles. The predicted octanol–water partition coefficient (Wildman–Crippen LogP) is 4.44. The molecule has 8 heteroatoms. The molecule has 0 fully saturated rings. The third kappa shape index (κ3) is 4.95. The summed E-state index contributed by atoms with van der Waals surface area (Å²) < 4.78 is 27.5. The fraction of sp³-hybridized carbons (Fsp3) is 0.105. The van der Waals surface area contributed by atoms with E-state index in [1.54, 1.807) is 30.3 Å². The molecular formula is C19H17ClN2O3S2. The second-order valence-corrected chi connectivity index (χ2v) is 9.08. The summed E-state index contributed by atoms with van der Waals surface area (Å²) in [6.45, 7) is 2.04. The maximum atomic E-state index is 12.5. The number of thiophene rings is 1. The molecule has 0 spiro atoms. The van der Waals surface area contributed by atoms with Crippen LogP contribution in [0.15, 0.2) is 64.9 Å². The molecule has 2 N–H and O–H groups in total. The lowest BCUT2D eigenvalue weighted by Gasteiger charge is -2.10. The largest absolute Gasteiger partial charge is 0.322 e. The van der Waals surface area contributed by atoms with Crippen molar-refractivity contribution < 1.29 is 13.2 Å². The fourth-order valence-electron chi connectivity index (χ4n) is 2.43. The minimum absolute atomic E-state index is 0.0412. The number of anilines is 1. The topological polar surface area (TPSA) is 75.3 Å². The molecule has 5 nitrogen and oxygen atoms in total. The second kappa shape index (κ2) is 8.22. The first-order valence-corrected chi connectivity index (χ1v) is 10.8. The van der Waals surface area contributed by atoms with Crippen LogP contribution < -0.4 is 10.0 Å². The molecule has 3 rings (SSSR count). The van der Waals surface area contributed by atoms with Gasteiger partial charge in [-0.15, -0.1) is 11.3 Å². The van der Waals surface area contributed by atoms with Crippen LogP contribution in [0.3, 0.4) is 0 Å². The molecule has 0 bridgehead atoms. The van der Waals surface area contributed by atoms with Gasteiger partial charge in [0.2, 0.25) is 10.0 Å². The Morgan fingerprint density at radius 2 is 1.93 bits per heavy atom. The zero-order valence-electron chi connectivity index (χ0n) is 14.4. The monoisotopic (exact) mass is 420 g/mol. The van der Waals surface area contributed by atoms with E-state index >= 15 is 0 Å². The van der Waals surface area contributed by atoms with Gasteiger partial charge in [-0.1, -0.05) is 23.7 Å². The summed E-state index contributed by atoms with van der Waals surface area (Å²) in [5, 5.41) is 5.24. The molecule has 27 heavy (non-hydrogen) atoms. The van der Waals surface area contributed by atoms with Gasteiger partial charge >= 0.3 is 0 Å². The third-order valence-electron chi connectivity index (χ3n) is 3.86. The Balaban J connectivity index is 1.76. The van der Waals surface area contributed by atoms with E-state index in [0.29, 0.717) is 10.7 Å². The van der Waals surface area contributed by atoms with Crippen LogP contribution in [-0.4, -0.2) is 14.3 Å². The van der Waals surface area contributed by atoms with Crippen molar-refractivity contribution in [2.45, 2.75) is 18.4 Å². The molecule has 1 aromatic heterocycles. The van der Waals surface area contributed by atoms with E-state index in [0.717, 1.165) is 10.4 Å². The quantitative estimate of drug-likeness (QED) is 0.619. The van der Waals surface area contributed by atoms with Gasteiger partial charge in [-0.25, -0.2) is 13.1 Å². The Morgan fingerprint density at radius 3 is 2.63 bits per heavy atom. The van der Waals surface area contributed by atoms with Gasteiger partial charge in [-0.3, -0.25) is 4.79 Å². The highest BCUT2D eigenvalue weighted by Gasteiger charge is 2.17. The van der Waals surface area contributed by atoms with Crippen LogP contribution in [0.5, 0.6) is 0 Å². The zero-order chi connectivity index (χ0) is 19.4. The Morgan fingerprint density at radius 1 is 1.11 bits per heavy atom. The van der Waals surface area contributed by atoms with Gasteiger partial charge in [0.25, 0.3) is 5.91 Å². The van der Waals surface area contributed by atoms with Crippen LogP contribution >= 0.6 is 22.9 Å². The molecule has 3 aromatic rings. The Bertz CT molecular complexity index is 1060. The first-order valence-electron chi connectivity index (χ1n) is 8.05. The van der Waals surface area contributed by atoms with Crippen LogP contribution in [0.1, 0.15) is 20.8 Å². The number of rotatable bonds is 6. The molecule has 0 unspecified atom stereocenters. The van der Waals surface area contributed by atoms with Crippen LogP contribution in [0.4, 0.5) is 5.69 Å². The predicted molar refractivity (Wildman–Crippen MR) is 109 cm³/mol. The molecule has 1 amide bonds. The van der Waals surface area contributed by atoms with E-state index in [2.05, 4.69) is 10.0 Å². The number of amides is 1. The number of aryl methyl sites for hydroxylation is 1. The van der Waals surface area contributed by atoms with Crippen molar-refractivity contribution in [3.8, 4) is 0 Å². The van der Waals surface area contributed by atoms with E-state index in [4.69, 9.17) is 11.6 Å². The van der Waals surface area contributed by atoms with Gasteiger partial charge in [0.15, 0.2) is 0 Å². The van der Waals surface area contributed by atoms with Crippen molar-refractivity contribution in [2.24, 2.45) is 0 Å². The highest BCUT2D eigenvalue weighted by atomic mass is 35.5. The minimum atomic E-state index is -3.72. The Labute approximate surface area is 167 Å². The van der Waals surface area contributed by atoms with Gasteiger partial charge < -0.3 is 5.32 Å². The van der Waals surface area contributed by atoms with Crippen molar-refractivity contribution in [1.29, 1.82) is 0 Å². The number of benzene rings is 2. The second-order valence-electron chi connectivity index (χ2n) is 5.85. The number of sulfonamides is 1. The van der Waals surface area contributed by atoms with Crippen LogP contribution in [-0.2, 0) is 16.6 Å². The number of halogens is 1. The molecule has 0 atom stereocenters. The average molecular weight is 421 g/mol. The molecule has 2 aromatic carbocycles. The van der Waals surface area contributed by atoms with Gasteiger partial charge in [0.05, 0.1) is 4.90 Å². The van der Waals surface area contributed by atoms with Crippen molar-refractivity contribution in [2.75, 3.05) is 5.32 Å². The van der Waals surface area contributed by atoms with Gasteiger partial charge in [0.1, 0.15) is 0 Å². The molecule has 0 radical (unpaired) electrons. The van der Waals surface area contributed by atoms with Crippen molar-refractivity contribution in [1.82, 2.24) is 4.72 Å². The SMILES string of the molecule is Cc1cc(Cl)ccc1NC(=O)c1cccc(S(=O)(=O)NCc2cccs2)c1. The van der Waals surface area contributed by atoms with Crippen molar-refractivity contribution in [3.63, 3.8) is 0 Å². The highest BCUT2D eigenvalue weighted by molar-refractivity contribution is 7.89. The molecule has 0 aliphatic rings. The molecule has 0 saturated carbocycles. The number of carbonyl (C=O) groups excluding carboxylic acids is 1. The van der Waals surface area contributed by atoms with E-state index in [9.17, 15) is 13.2 Å². The summed E-state index contributed by atoms with van der Waals surface area (Å²) in [6, 6.07) is 14.8. The molecule has 140 valence electrons. The van der Waals surface area contributed by atoms with Gasteiger partial charge in [0, 0.05) is 27.7 Å². The van der Waals surface area contributed by atoms with Crippen molar-refractivity contribution >= 4 is 44.6 Å². The summed E-state index contributed by atoms with van der Waals surface area (Å²) in [7, 11) is -3.72. The summed E-state index contributed by atoms with van der Waals surface area (Å²) in [5.41, 5.74) is 1.69.